The van der Waals surface area contributed by atoms with Crippen LogP contribution in [-0.4, -0.2) is 17.7 Å². The van der Waals surface area contributed by atoms with Crippen molar-refractivity contribution in [3.05, 3.63) is 47.1 Å². The first-order valence-electron chi connectivity index (χ1n) is 6.51. The quantitative estimate of drug-likeness (QED) is 0.881. The molecule has 2 aromatic rings. The molecule has 0 spiro atoms. The number of rotatable bonds is 4. The summed E-state index contributed by atoms with van der Waals surface area (Å²) in [6.45, 7) is 4.02. The van der Waals surface area contributed by atoms with Gasteiger partial charge in [0.25, 0.3) is 0 Å². The standard InChI is InChI=1S/C15H16ClN3O2/c1-3-21-15(20)19-12-6-7-14(17-9-12)18-11-5-4-10(2)13(16)8-11/h4-9H,3H2,1-2H3,(H,17,18)(H,19,20). The lowest BCUT2D eigenvalue weighted by atomic mass is 10.2. The average molecular weight is 306 g/mol. The van der Waals surface area contributed by atoms with Gasteiger partial charge >= 0.3 is 6.09 Å². The zero-order valence-electron chi connectivity index (χ0n) is 11.8. The van der Waals surface area contributed by atoms with Crippen molar-refractivity contribution in [3.63, 3.8) is 0 Å². The van der Waals surface area contributed by atoms with Crippen LogP contribution in [0.1, 0.15) is 12.5 Å². The van der Waals surface area contributed by atoms with Crippen LogP contribution in [0.5, 0.6) is 0 Å². The molecule has 0 aliphatic rings. The number of hydrogen-bond acceptors (Lipinski definition) is 4. The highest BCUT2D eigenvalue weighted by atomic mass is 35.5. The largest absolute Gasteiger partial charge is 0.450 e. The Labute approximate surface area is 128 Å². The maximum absolute atomic E-state index is 11.3. The average Bonchev–Trinajstić information content (AvgIpc) is 2.45. The van der Waals surface area contributed by atoms with Crippen molar-refractivity contribution in [1.29, 1.82) is 0 Å². The van der Waals surface area contributed by atoms with Gasteiger partial charge in [-0.3, -0.25) is 5.32 Å². The Morgan fingerprint density at radius 3 is 2.67 bits per heavy atom. The van der Waals surface area contributed by atoms with Gasteiger partial charge in [0, 0.05) is 10.7 Å². The van der Waals surface area contributed by atoms with Gasteiger partial charge in [-0.25, -0.2) is 9.78 Å². The number of pyridine rings is 1. The van der Waals surface area contributed by atoms with Gasteiger partial charge in [-0.2, -0.15) is 0 Å². The highest BCUT2D eigenvalue weighted by Gasteiger charge is 2.03. The number of amides is 1. The Balaban J connectivity index is 2.01. The molecule has 2 rings (SSSR count). The Bertz CT molecular complexity index is 629. The Morgan fingerprint density at radius 2 is 2.05 bits per heavy atom. The number of anilines is 3. The van der Waals surface area contributed by atoms with E-state index >= 15 is 0 Å². The maximum atomic E-state index is 11.3. The summed E-state index contributed by atoms with van der Waals surface area (Å²) >= 11 is 6.07. The van der Waals surface area contributed by atoms with Crippen LogP contribution < -0.4 is 10.6 Å². The van der Waals surface area contributed by atoms with Gasteiger partial charge in [-0.15, -0.1) is 0 Å². The molecule has 21 heavy (non-hydrogen) atoms. The third kappa shape index (κ3) is 4.36. The molecular formula is C15H16ClN3O2. The Morgan fingerprint density at radius 1 is 1.29 bits per heavy atom. The molecule has 6 heteroatoms. The van der Waals surface area contributed by atoms with Crippen LogP contribution in [0.25, 0.3) is 0 Å². The summed E-state index contributed by atoms with van der Waals surface area (Å²) in [5.41, 5.74) is 2.44. The molecule has 1 amide bonds. The molecule has 0 fully saturated rings. The second-order valence-corrected chi connectivity index (χ2v) is 4.77. The summed E-state index contributed by atoms with van der Waals surface area (Å²) in [7, 11) is 0. The van der Waals surface area contributed by atoms with E-state index in [4.69, 9.17) is 16.3 Å². The van der Waals surface area contributed by atoms with Gasteiger partial charge in [-0.05, 0) is 43.7 Å². The predicted octanol–water partition coefficient (Wildman–Crippen LogP) is 4.36. The first kappa shape index (κ1) is 15.1. The summed E-state index contributed by atoms with van der Waals surface area (Å²) in [5.74, 6) is 0.657. The van der Waals surface area contributed by atoms with Crippen molar-refractivity contribution >= 4 is 34.9 Å². The van der Waals surface area contributed by atoms with E-state index in [0.717, 1.165) is 11.3 Å². The van der Waals surface area contributed by atoms with Crippen molar-refractivity contribution in [1.82, 2.24) is 4.98 Å². The summed E-state index contributed by atoms with van der Waals surface area (Å²) in [4.78, 5) is 15.5. The van der Waals surface area contributed by atoms with E-state index in [1.165, 1.54) is 0 Å². The normalized spacial score (nSPS) is 10.0. The molecule has 0 saturated carbocycles. The molecule has 0 unspecified atom stereocenters. The lowest BCUT2D eigenvalue weighted by Crippen LogP contribution is -2.13. The number of ether oxygens (including phenoxy) is 1. The van der Waals surface area contributed by atoms with Crippen LogP contribution in [-0.2, 0) is 4.74 Å². The zero-order valence-corrected chi connectivity index (χ0v) is 12.6. The third-order valence-corrected chi connectivity index (χ3v) is 3.14. The molecule has 0 radical (unpaired) electrons. The number of halogens is 1. The van der Waals surface area contributed by atoms with Crippen molar-refractivity contribution in [2.75, 3.05) is 17.2 Å². The number of hydrogen-bond donors (Lipinski definition) is 2. The molecule has 0 aliphatic carbocycles. The molecule has 110 valence electrons. The molecule has 0 saturated heterocycles. The molecule has 1 aromatic carbocycles. The number of carbonyl (C=O) groups is 1. The molecule has 0 aliphatic heterocycles. The number of nitrogens with one attached hydrogen (secondary N) is 2. The molecule has 1 heterocycles. The SMILES string of the molecule is CCOC(=O)Nc1ccc(Nc2ccc(C)c(Cl)c2)nc1. The number of benzene rings is 1. The van der Waals surface area contributed by atoms with Crippen molar-refractivity contribution in [2.24, 2.45) is 0 Å². The van der Waals surface area contributed by atoms with Crippen molar-refractivity contribution < 1.29 is 9.53 Å². The number of carbonyl (C=O) groups excluding carboxylic acids is 1. The Hall–Kier alpha value is -2.27. The van der Waals surface area contributed by atoms with E-state index in [-0.39, 0.29) is 0 Å². The maximum Gasteiger partial charge on any atom is 0.411 e. The Kier molecular flexibility index (Phi) is 5.00. The highest BCUT2D eigenvalue weighted by molar-refractivity contribution is 6.31. The van der Waals surface area contributed by atoms with E-state index in [9.17, 15) is 4.79 Å². The predicted molar refractivity (Wildman–Crippen MR) is 84.4 cm³/mol. The van der Waals surface area contributed by atoms with Crippen LogP contribution in [0.2, 0.25) is 5.02 Å². The minimum Gasteiger partial charge on any atom is -0.450 e. The molecule has 0 bridgehead atoms. The summed E-state index contributed by atoms with van der Waals surface area (Å²) in [5, 5.41) is 6.41. The molecule has 1 aromatic heterocycles. The lowest BCUT2D eigenvalue weighted by Gasteiger charge is -2.08. The van der Waals surface area contributed by atoms with Gasteiger partial charge in [-0.1, -0.05) is 17.7 Å². The molecular weight excluding hydrogens is 290 g/mol. The van der Waals surface area contributed by atoms with Gasteiger partial charge in [0.1, 0.15) is 5.82 Å². The third-order valence-electron chi connectivity index (χ3n) is 2.73. The van der Waals surface area contributed by atoms with Crippen molar-refractivity contribution in [3.8, 4) is 0 Å². The van der Waals surface area contributed by atoms with Gasteiger partial charge in [0.15, 0.2) is 0 Å². The van der Waals surface area contributed by atoms with Crippen LogP contribution in [0.4, 0.5) is 22.0 Å². The lowest BCUT2D eigenvalue weighted by molar-refractivity contribution is 0.168. The summed E-state index contributed by atoms with van der Waals surface area (Å²) in [6.07, 6.45) is 1.06. The second kappa shape index (κ2) is 6.95. The van der Waals surface area contributed by atoms with Gasteiger partial charge in [0.2, 0.25) is 0 Å². The summed E-state index contributed by atoms with van der Waals surface area (Å²) in [6, 6.07) is 9.19. The van der Waals surface area contributed by atoms with E-state index < -0.39 is 6.09 Å². The first-order chi connectivity index (χ1) is 10.1. The number of aromatic nitrogens is 1. The van der Waals surface area contributed by atoms with Crippen LogP contribution in [0.3, 0.4) is 0 Å². The van der Waals surface area contributed by atoms with Crippen molar-refractivity contribution in [2.45, 2.75) is 13.8 Å². The number of nitrogens with zero attached hydrogens (tertiary/aromatic N) is 1. The minimum absolute atomic E-state index is 0.326. The minimum atomic E-state index is -0.495. The fraction of sp³-hybridized carbons (Fsp3) is 0.200. The molecule has 5 nitrogen and oxygen atoms in total. The molecule has 0 atom stereocenters. The van der Waals surface area contributed by atoms with Crippen LogP contribution in [0, 0.1) is 6.92 Å². The first-order valence-corrected chi connectivity index (χ1v) is 6.89. The smallest absolute Gasteiger partial charge is 0.411 e. The monoisotopic (exact) mass is 305 g/mol. The van der Waals surface area contributed by atoms with Crippen LogP contribution in [0.15, 0.2) is 36.5 Å². The number of aryl methyl sites for hydroxylation is 1. The fourth-order valence-corrected chi connectivity index (χ4v) is 1.83. The second-order valence-electron chi connectivity index (χ2n) is 4.37. The zero-order chi connectivity index (χ0) is 15.2. The van der Waals surface area contributed by atoms with Gasteiger partial charge < -0.3 is 10.1 Å². The van der Waals surface area contributed by atoms with Gasteiger partial charge in [0.05, 0.1) is 18.5 Å². The summed E-state index contributed by atoms with van der Waals surface area (Å²) < 4.78 is 4.79. The van der Waals surface area contributed by atoms with Crippen LogP contribution >= 0.6 is 11.6 Å². The molecule has 2 N–H and O–H groups in total. The van der Waals surface area contributed by atoms with E-state index in [2.05, 4.69) is 15.6 Å². The topological polar surface area (TPSA) is 63.2 Å². The van der Waals surface area contributed by atoms with E-state index in [1.54, 1.807) is 25.3 Å². The fourth-order valence-electron chi connectivity index (χ4n) is 1.65. The highest BCUT2D eigenvalue weighted by Crippen LogP contribution is 2.22. The van der Waals surface area contributed by atoms with E-state index in [0.29, 0.717) is 23.1 Å². The van der Waals surface area contributed by atoms with E-state index in [1.807, 2.05) is 25.1 Å².